The van der Waals surface area contributed by atoms with Crippen LogP contribution in [-0.4, -0.2) is 29.1 Å². The molecule has 2 N–H and O–H groups in total. The van der Waals surface area contributed by atoms with Crippen LogP contribution in [-0.2, 0) is 13.1 Å². The van der Waals surface area contributed by atoms with Crippen molar-refractivity contribution in [2.75, 3.05) is 13.1 Å². The van der Waals surface area contributed by atoms with Crippen LogP contribution < -0.4 is 5.32 Å². The molecule has 4 nitrogen and oxygen atoms in total. The number of nitrogens with zero attached hydrogens (tertiary/aromatic N) is 2. The van der Waals surface area contributed by atoms with E-state index in [2.05, 4.69) is 51.6 Å². The molecule has 1 aliphatic rings. The molecule has 0 bridgehead atoms. The number of hydrogen-bond donors (Lipinski definition) is 2. The van der Waals surface area contributed by atoms with Gasteiger partial charge in [0.15, 0.2) is 5.96 Å². The second-order valence-corrected chi connectivity index (χ2v) is 6.33. The van der Waals surface area contributed by atoms with Gasteiger partial charge >= 0.3 is 0 Å². The molecular formula is C21H21N3O. The molecule has 0 saturated heterocycles. The van der Waals surface area contributed by atoms with Crippen molar-refractivity contribution in [2.24, 2.45) is 4.99 Å². The van der Waals surface area contributed by atoms with Gasteiger partial charge in [-0.1, -0.05) is 48.5 Å². The quantitative estimate of drug-likeness (QED) is 0.769. The van der Waals surface area contributed by atoms with Crippen molar-refractivity contribution in [2.45, 2.75) is 13.1 Å². The maximum Gasteiger partial charge on any atom is 0.194 e. The monoisotopic (exact) mass is 331 g/mol. The molecule has 4 heteroatoms. The van der Waals surface area contributed by atoms with Gasteiger partial charge in [0, 0.05) is 19.6 Å². The molecule has 1 heterocycles. The lowest BCUT2D eigenvalue weighted by atomic mass is 10.1. The Hall–Kier alpha value is -3.01. The second kappa shape index (κ2) is 6.85. The van der Waals surface area contributed by atoms with E-state index in [-0.39, 0.29) is 0 Å². The van der Waals surface area contributed by atoms with Crippen LogP contribution in [0.5, 0.6) is 5.75 Å². The summed E-state index contributed by atoms with van der Waals surface area (Å²) in [5.74, 6) is 1.27. The maximum absolute atomic E-state index is 9.56. The van der Waals surface area contributed by atoms with Crippen molar-refractivity contribution < 1.29 is 5.11 Å². The molecular weight excluding hydrogens is 310 g/mol. The molecule has 3 aromatic rings. The predicted molar refractivity (Wildman–Crippen MR) is 102 cm³/mol. The zero-order chi connectivity index (χ0) is 17.1. The van der Waals surface area contributed by atoms with Gasteiger partial charge in [-0.15, -0.1) is 0 Å². The smallest absolute Gasteiger partial charge is 0.194 e. The van der Waals surface area contributed by atoms with Crippen LogP contribution >= 0.6 is 0 Å². The number of benzene rings is 3. The van der Waals surface area contributed by atoms with Crippen LogP contribution in [0, 0.1) is 0 Å². The molecule has 0 aromatic heterocycles. The Morgan fingerprint density at radius 3 is 2.60 bits per heavy atom. The molecule has 0 aliphatic carbocycles. The van der Waals surface area contributed by atoms with Crippen molar-refractivity contribution in [3.05, 3.63) is 77.9 Å². The zero-order valence-corrected chi connectivity index (χ0v) is 14.0. The van der Waals surface area contributed by atoms with E-state index in [4.69, 9.17) is 0 Å². The van der Waals surface area contributed by atoms with Gasteiger partial charge in [0.25, 0.3) is 0 Å². The number of guanidine groups is 1. The van der Waals surface area contributed by atoms with Crippen LogP contribution in [0.1, 0.15) is 11.1 Å². The molecule has 25 heavy (non-hydrogen) atoms. The highest BCUT2D eigenvalue weighted by molar-refractivity contribution is 5.85. The van der Waals surface area contributed by atoms with E-state index in [0.717, 1.165) is 42.9 Å². The molecule has 4 rings (SSSR count). The largest absolute Gasteiger partial charge is 0.508 e. The third kappa shape index (κ3) is 3.58. The third-order valence-electron chi connectivity index (χ3n) is 4.49. The lowest BCUT2D eigenvalue weighted by Gasteiger charge is -2.21. The number of aliphatic imine (C=N–C) groups is 1. The first-order valence-electron chi connectivity index (χ1n) is 8.57. The Bertz CT molecular complexity index is 905. The Labute approximate surface area is 147 Å². The van der Waals surface area contributed by atoms with Crippen molar-refractivity contribution >= 4 is 16.7 Å². The molecule has 0 saturated carbocycles. The van der Waals surface area contributed by atoms with E-state index in [9.17, 15) is 5.11 Å². The van der Waals surface area contributed by atoms with Crippen molar-refractivity contribution in [3.63, 3.8) is 0 Å². The predicted octanol–water partition coefficient (Wildman–Crippen LogP) is 3.51. The van der Waals surface area contributed by atoms with Gasteiger partial charge in [-0.05, 0) is 40.1 Å². The standard InChI is InChI=1S/C21H21N3O/c25-20-9-8-18-12-17(6-7-19(18)13-20)14-23-21-22-10-11-24(21)15-16-4-2-1-3-5-16/h1-9,12-13,25H,10-11,14-15H2,(H,22,23). The third-order valence-corrected chi connectivity index (χ3v) is 4.49. The molecule has 0 amide bonds. The summed E-state index contributed by atoms with van der Waals surface area (Å²) in [7, 11) is 0. The van der Waals surface area contributed by atoms with E-state index in [1.807, 2.05) is 18.2 Å². The number of phenolic OH excluding ortho intramolecular Hbond substituents is 1. The fourth-order valence-electron chi connectivity index (χ4n) is 3.18. The summed E-state index contributed by atoms with van der Waals surface area (Å²) in [5.41, 5.74) is 2.50. The summed E-state index contributed by atoms with van der Waals surface area (Å²) in [6, 6.07) is 22.2. The van der Waals surface area contributed by atoms with Crippen LogP contribution in [0.2, 0.25) is 0 Å². The molecule has 0 fully saturated rings. The van der Waals surface area contributed by atoms with Crippen LogP contribution in [0.3, 0.4) is 0 Å². The Morgan fingerprint density at radius 1 is 0.920 bits per heavy atom. The van der Waals surface area contributed by atoms with E-state index < -0.39 is 0 Å². The summed E-state index contributed by atoms with van der Waals surface area (Å²) in [5, 5.41) is 15.2. The zero-order valence-electron chi connectivity index (χ0n) is 14.0. The molecule has 0 unspecified atom stereocenters. The van der Waals surface area contributed by atoms with Gasteiger partial charge in [-0.25, -0.2) is 0 Å². The first kappa shape index (κ1) is 15.5. The average molecular weight is 331 g/mol. The second-order valence-electron chi connectivity index (χ2n) is 6.33. The summed E-state index contributed by atoms with van der Waals surface area (Å²) < 4.78 is 0. The summed E-state index contributed by atoms with van der Waals surface area (Å²) in [6.07, 6.45) is 0. The van der Waals surface area contributed by atoms with Gasteiger partial charge in [0.1, 0.15) is 5.75 Å². The maximum atomic E-state index is 9.56. The lowest BCUT2D eigenvalue weighted by Crippen LogP contribution is -2.37. The van der Waals surface area contributed by atoms with Crippen molar-refractivity contribution in [3.8, 4) is 5.75 Å². The number of aromatic hydroxyl groups is 1. The highest BCUT2D eigenvalue weighted by atomic mass is 16.3. The van der Waals surface area contributed by atoms with Crippen molar-refractivity contribution in [1.29, 1.82) is 0 Å². The van der Waals surface area contributed by atoms with Gasteiger partial charge in [0.2, 0.25) is 0 Å². The number of rotatable bonds is 4. The van der Waals surface area contributed by atoms with Crippen LogP contribution in [0.25, 0.3) is 10.8 Å². The molecule has 1 aliphatic heterocycles. The Kier molecular flexibility index (Phi) is 4.25. The van der Waals surface area contributed by atoms with Crippen LogP contribution in [0.15, 0.2) is 71.7 Å². The first-order valence-corrected chi connectivity index (χ1v) is 8.57. The number of phenols is 1. The van der Waals surface area contributed by atoms with E-state index in [1.54, 1.807) is 12.1 Å². The fourth-order valence-corrected chi connectivity index (χ4v) is 3.18. The minimum atomic E-state index is 0.301. The Morgan fingerprint density at radius 2 is 1.72 bits per heavy atom. The molecule has 0 radical (unpaired) electrons. The molecule has 0 spiro atoms. The molecule has 3 aromatic carbocycles. The van der Waals surface area contributed by atoms with E-state index >= 15 is 0 Å². The average Bonchev–Trinajstić information content (AvgIpc) is 3.08. The number of nitrogens with one attached hydrogen (secondary N) is 1. The Balaban J connectivity index is 1.42. The lowest BCUT2D eigenvalue weighted by molar-refractivity contribution is 0.436. The van der Waals surface area contributed by atoms with Gasteiger partial charge in [-0.2, -0.15) is 0 Å². The minimum absolute atomic E-state index is 0.301. The van der Waals surface area contributed by atoms with Crippen molar-refractivity contribution in [1.82, 2.24) is 10.2 Å². The highest BCUT2D eigenvalue weighted by Gasteiger charge is 2.16. The number of hydrogen-bond acceptors (Lipinski definition) is 4. The fraction of sp³-hybridized carbons (Fsp3) is 0.190. The topological polar surface area (TPSA) is 47.9 Å². The van der Waals surface area contributed by atoms with E-state index in [0.29, 0.717) is 5.75 Å². The van der Waals surface area contributed by atoms with Gasteiger partial charge in [0.05, 0.1) is 6.54 Å². The SMILES string of the molecule is Oc1ccc2cc(CNC3=NCCN3Cc3ccccc3)ccc2c1. The molecule has 126 valence electrons. The normalized spacial score (nSPS) is 13.9. The molecule has 0 atom stereocenters. The minimum Gasteiger partial charge on any atom is -0.508 e. The van der Waals surface area contributed by atoms with Crippen LogP contribution in [0.4, 0.5) is 0 Å². The summed E-state index contributed by atoms with van der Waals surface area (Å²) in [4.78, 5) is 6.89. The first-order chi connectivity index (χ1) is 12.3. The summed E-state index contributed by atoms with van der Waals surface area (Å²) >= 11 is 0. The summed E-state index contributed by atoms with van der Waals surface area (Å²) in [6.45, 7) is 3.41. The highest BCUT2D eigenvalue weighted by Crippen LogP contribution is 2.21. The van der Waals surface area contributed by atoms with Gasteiger partial charge in [-0.3, -0.25) is 4.99 Å². The van der Waals surface area contributed by atoms with E-state index in [1.165, 1.54) is 11.1 Å². The number of fused-ring (bicyclic) bond motifs is 1. The van der Waals surface area contributed by atoms with Gasteiger partial charge < -0.3 is 15.3 Å².